The van der Waals surface area contributed by atoms with Crippen LogP contribution >= 0.6 is 0 Å². The molecule has 1 aromatic carbocycles. The van der Waals surface area contributed by atoms with E-state index in [1.165, 1.54) is 31.2 Å². The van der Waals surface area contributed by atoms with E-state index in [-0.39, 0.29) is 0 Å². The van der Waals surface area contributed by atoms with Crippen LogP contribution in [0.4, 0.5) is 0 Å². The summed E-state index contributed by atoms with van der Waals surface area (Å²) >= 11 is 0. The third kappa shape index (κ3) is 1.89. The molecule has 0 heteroatoms. The van der Waals surface area contributed by atoms with Gasteiger partial charge in [0.2, 0.25) is 0 Å². The first-order valence-electron chi connectivity index (χ1n) is 5.59. The highest BCUT2D eigenvalue weighted by Crippen LogP contribution is 2.37. The van der Waals surface area contributed by atoms with Crippen LogP contribution in [0.5, 0.6) is 0 Å². The second-order valence-corrected chi connectivity index (χ2v) is 4.22. The highest BCUT2D eigenvalue weighted by atomic mass is 14.3. The van der Waals surface area contributed by atoms with Crippen molar-refractivity contribution in [2.45, 2.75) is 31.6 Å². The largest absolute Gasteiger partial charge is 0.102 e. The minimum atomic E-state index is 0.582. The van der Waals surface area contributed by atoms with Crippen LogP contribution in [0.1, 0.15) is 37.2 Å². The molecule has 0 spiro atoms. The van der Waals surface area contributed by atoms with Crippen molar-refractivity contribution in [3.05, 3.63) is 48.6 Å². The first-order valence-corrected chi connectivity index (χ1v) is 5.59. The molecule has 0 unspecified atom stereocenters. The topological polar surface area (TPSA) is 0 Å². The standard InChI is InChI=1S/C14H18/c1-2-14(13-10-6-7-11-13)12-8-4-3-5-9-12/h2-5,8-9,13-14H,1,6-7,10-11H2/t14-/m0/s1. The van der Waals surface area contributed by atoms with Crippen LogP contribution in [-0.4, -0.2) is 0 Å². The molecule has 2 rings (SSSR count). The number of hydrogen-bond donors (Lipinski definition) is 0. The van der Waals surface area contributed by atoms with E-state index >= 15 is 0 Å². The normalized spacial score (nSPS) is 19.4. The van der Waals surface area contributed by atoms with Crippen molar-refractivity contribution in [2.75, 3.05) is 0 Å². The summed E-state index contributed by atoms with van der Waals surface area (Å²) in [7, 11) is 0. The molecule has 14 heavy (non-hydrogen) atoms. The summed E-state index contributed by atoms with van der Waals surface area (Å²) in [5.41, 5.74) is 1.44. The number of benzene rings is 1. The van der Waals surface area contributed by atoms with E-state index in [1.807, 2.05) is 0 Å². The molecule has 0 bridgehead atoms. The molecule has 0 aliphatic heterocycles. The average molecular weight is 186 g/mol. The molecular formula is C14H18. The summed E-state index contributed by atoms with van der Waals surface area (Å²) in [4.78, 5) is 0. The van der Waals surface area contributed by atoms with Crippen LogP contribution in [0.3, 0.4) is 0 Å². The Morgan fingerprint density at radius 3 is 2.36 bits per heavy atom. The molecule has 1 fully saturated rings. The predicted octanol–water partition coefficient (Wildman–Crippen LogP) is 4.15. The van der Waals surface area contributed by atoms with Gasteiger partial charge in [-0.1, -0.05) is 49.2 Å². The Labute approximate surface area is 86.7 Å². The molecule has 1 aliphatic rings. The van der Waals surface area contributed by atoms with Crippen molar-refractivity contribution in [1.82, 2.24) is 0 Å². The summed E-state index contributed by atoms with van der Waals surface area (Å²) in [6, 6.07) is 10.8. The molecule has 1 saturated carbocycles. The molecule has 0 heterocycles. The van der Waals surface area contributed by atoms with Crippen molar-refractivity contribution < 1.29 is 0 Å². The van der Waals surface area contributed by atoms with Gasteiger partial charge in [0.05, 0.1) is 0 Å². The Hall–Kier alpha value is -1.04. The van der Waals surface area contributed by atoms with Crippen LogP contribution in [0.2, 0.25) is 0 Å². The summed E-state index contributed by atoms with van der Waals surface area (Å²) in [6.45, 7) is 3.98. The van der Waals surface area contributed by atoms with E-state index in [4.69, 9.17) is 0 Å². The first-order chi connectivity index (χ1) is 6.92. The molecule has 0 N–H and O–H groups in total. The molecular weight excluding hydrogens is 168 g/mol. The highest BCUT2D eigenvalue weighted by molar-refractivity contribution is 5.24. The summed E-state index contributed by atoms with van der Waals surface area (Å²) in [5.74, 6) is 1.42. The molecule has 0 radical (unpaired) electrons. The maximum Gasteiger partial charge on any atom is 0.00435 e. The molecule has 0 amide bonds. The van der Waals surface area contributed by atoms with E-state index in [9.17, 15) is 0 Å². The van der Waals surface area contributed by atoms with Gasteiger partial charge in [0.15, 0.2) is 0 Å². The van der Waals surface area contributed by atoms with Crippen LogP contribution < -0.4 is 0 Å². The van der Waals surface area contributed by atoms with Crippen molar-refractivity contribution in [2.24, 2.45) is 5.92 Å². The number of allylic oxidation sites excluding steroid dienone is 1. The second-order valence-electron chi connectivity index (χ2n) is 4.22. The fraction of sp³-hybridized carbons (Fsp3) is 0.429. The Morgan fingerprint density at radius 1 is 1.14 bits per heavy atom. The van der Waals surface area contributed by atoms with Gasteiger partial charge < -0.3 is 0 Å². The van der Waals surface area contributed by atoms with Gasteiger partial charge in [0.1, 0.15) is 0 Å². The van der Waals surface area contributed by atoms with Crippen molar-refractivity contribution >= 4 is 0 Å². The summed E-state index contributed by atoms with van der Waals surface area (Å²) in [6.07, 6.45) is 7.70. The molecule has 0 aromatic heterocycles. The zero-order chi connectivity index (χ0) is 9.80. The predicted molar refractivity (Wildman–Crippen MR) is 61.3 cm³/mol. The van der Waals surface area contributed by atoms with Crippen LogP contribution in [0, 0.1) is 5.92 Å². The van der Waals surface area contributed by atoms with E-state index < -0.39 is 0 Å². The maximum atomic E-state index is 3.98. The van der Waals surface area contributed by atoms with Crippen LogP contribution in [0.15, 0.2) is 43.0 Å². The van der Waals surface area contributed by atoms with E-state index in [1.54, 1.807) is 0 Å². The van der Waals surface area contributed by atoms with Gasteiger partial charge >= 0.3 is 0 Å². The third-order valence-electron chi connectivity index (χ3n) is 3.35. The fourth-order valence-electron chi connectivity index (χ4n) is 2.59. The lowest BCUT2D eigenvalue weighted by atomic mass is 9.85. The van der Waals surface area contributed by atoms with E-state index in [0.717, 1.165) is 5.92 Å². The molecule has 0 nitrogen and oxygen atoms in total. The molecule has 1 atom stereocenters. The van der Waals surface area contributed by atoms with Gasteiger partial charge in [-0.3, -0.25) is 0 Å². The maximum absolute atomic E-state index is 3.98. The van der Waals surface area contributed by atoms with Gasteiger partial charge in [-0.2, -0.15) is 0 Å². The van der Waals surface area contributed by atoms with Crippen molar-refractivity contribution in [3.63, 3.8) is 0 Å². The van der Waals surface area contributed by atoms with Gasteiger partial charge in [0, 0.05) is 5.92 Å². The third-order valence-corrected chi connectivity index (χ3v) is 3.35. The summed E-state index contributed by atoms with van der Waals surface area (Å²) < 4.78 is 0. The molecule has 74 valence electrons. The smallest absolute Gasteiger partial charge is 0.00435 e. The quantitative estimate of drug-likeness (QED) is 0.622. The SMILES string of the molecule is C=C[C@@H](c1ccccc1)C1CCCC1. The van der Waals surface area contributed by atoms with Crippen LogP contribution in [-0.2, 0) is 0 Å². The van der Waals surface area contributed by atoms with Gasteiger partial charge in [-0.25, -0.2) is 0 Å². The lowest BCUT2D eigenvalue weighted by Crippen LogP contribution is -2.06. The Kier molecular flexibility index (Phi) is 3.03. The highest BCUT2D eigenvalue weighted by Gasteiger charge is 2.23. The monoisotopic (exact) mass is 186 g/mol. The minimum absolute atomic E-state index is 0.582. The van der Waals surface area contributed by atoms with Gasteiger partial charge in [0.25, 0.3) is 0 Å². The number of hydrogen-bond acceptors (Lipinski definition) is 0. The fourth-order valence-corrected chi connectivity index (χ4v) is 2.59. The Balaban J connectivity index is 2.16. The van der Waals surface area contributed by atoms with E-state index in [0.29, 0.717) is 5.92 Å². The lowest BCUT2D eigenvalue weighted by Gasteiger charge is -2.19. The second kappa shape index (κ2) is 4.45. The van der Waals surface area contributed by atoms with Gasteiger partial charge in [-0.05, 0) is 24.3 Å². The molecule has 1 aliphatic carbocycles. The van der Waals surface area contributed by atoms with Crippen molar-refractivity contribution in [3.8, 4) is 0 Å². The summed E-state index contributed by atoms with van der Waals surface area (Å²) in [5, 5.41) is 0. The average Bonchev–Trinajstić information content (AvgIpc) is 2.74. The Bertz CT molecular complexity index is 280. The van der Waals surface area contributed by atoms with Crippen LogP contribution in [0.25, 0.3) is 0 Å². The van der Waals surface area contributed by atoms with Crippen molar-refractivity contribution in [1.29, 1.82) is 0 Å². The zero-order valence-electron chi connectivity index (χ0n) is 8.65. The Morgan fingerprint density at radius 2 is 1.79 bits per heavy atom. The molecule has 1 aromatic rings. The number of rotatable bonds is 3. The van der Waals surface area contributed by atoms with E-state index in [2.05, 4.69) is 43.0 Å². The lowest BCUT2D eigenvalue weighted by molar-refractivity contribution is 0.494. The first kappa shape index (κ1) is 9.51. The van der Waals surface area contributed by atoms with Gasteiger partial charge in [-0.15, -0.1) is 6.58 Å². The minimum Gasteiger partial charge on any atom is -0.102 e. The zero-order valence-corrected chi connectivity index (χ0v) is 8.65. The molecule has 0 saturated heterocycles.